The Labute approximate surface area is 171 Å². The van der Waals surface area contributed by atoms with Gasteiger partial charge < -0.3 is 10.6 Å². The molecule has 0 aliphatic rings. The first kappa shape index (κ1) is 19.9. The van der Waals surface area contributed by atoms with Crippen LogP contribution in [0.5, 0.6) is 0 Å². The van der Waals surface area contributed by atoms with Crippen LogP contribution in [0.2, 0.25) is 5.02 Å². The number of benzene rings is 3. The molecule has 0 aromatic heterocycles. The van der Waals surface area contributed by atoms with Crippen LogP contribution in [0.15, 0.2) is 91.1 Å². The molecule has 28 heavy (non-hydrogen) atoms. The van der Waals surface area contributed by atoms with E-state index < -0.39 is 16.8 Å². The van der Waals surface area contributed by atoms with Crippen molar-refractivity contribution in [1.82, 2.24) is 5.32 Å². The molecule has 0 saturated carbocycles. The second-order valence-electron chi connectivity index (χ2n) is 5.93. The van der Waals surface area contributed by atoms with Crippen molar-refractivity contribution in [2.24, 2.45) is 0 Å². The maximum Gasteiger partial charge on any atom is 0.323 e. The van der Waals surface area contributed by atoms with Gasteiger partial charge in [0, 0.05) is 6.20 Å². The van der Waals surface area contributed by atoms with Crippen molar-refractivity contribution in [3.63, 3.8) is 0 Å². The minimum Gasteiger partial charge on any atom is -0.313 e. The highest BCUT2D eigenvalue weighted by Crippen LogP contribution is 2.22. The van der Waals surface area contributed by atoms with Crippen molar-refractivity contribution >= 4 is 39.0 Å². The van der Waals surface area contributed by atoms with Gasteiger partial charge in [0.05, 0.1) is 32.2 Å². The van der Waals surface area contributed by atoms with Crippen LogP contribution in [-0.4, -0.2) is 10.2 Å². The number of urea groups is 1. The Bertz CT molecular complexity index is 992. The molecule has 0 spiro atoms. The van der Waals surface area contributed by atoms with E-state index in [0.29, 0.717) is 21.4 Å². The topological polar surface area (TPSA) is 58.2 Å². The Morgan fingerprint density at radius 2 is 1.50 bits per heavy atom. The number of nitrogens with one attached hydrogen (secondary N) is 2. The number of para-hydroxylation sites is 1. The zero-order valence-corrected chi connectivity index (χ0v) is 16.5. The summed E-state index contributed by atoms with van der Waals surface area (Å²) in [7, 11) is -1.33. The Morgan fingerprint density at radius 1 is 0.893 bits per heavy atom. The van der Waals surface area contributed by atoms with E-state index in [1.807, 2.05) is 60.7 Å². The molecule has 0 unspecified atom stereocenters. The van der Waals surface area contributed by atoms with Crippen LogP contribution in [0.3, 0.4) is 0 Å². The van der Waals surface area contributed by atoms with E-state index >= 15 is 0 Å². The molecule has 4 nitrogen and oxygen atoms in total. The van der Waals surface area contributed by atoms with Crippen LogP contribution in [0, 0.1) is 0 Å². The van der Waals surface area contributed by atoms with E-state index in [1.54, 1.807) is 24.3 Å². The fraction of sp³-hybridized carbons (Fsp3) is 0.0455. The molecular formula is C22H19ClN2O2S. The normalized spacial score (nSPS) is 12.2. The first-order chi connectivity index (χ1) is 13.6. The highest BCUT2D eigenvalue weighted by molar-refractivity contribution is 7.93. The number of hydrogen-bond donors (Lipinski definition) is 2. The van der Waals surface area contributed by atoms with E-state index in [4.69, 9.17) is 11.6 Å². The maximum atomic E-state index is 13.0. The molecule has 2 N–H and O–H groups in total. The Hall–Kier alpha value is -2.89. The van der Waals surface area contributed by atoms with Gasteiger partial charge >= 0.3 is 6.03 Å². The molecule has 142 valence electrons. The molecule has 0 aliphatic carbocycles. The van der Waals surface area contributed by atoms with Gasteiger partial charge in [-0.2, -0.15) is 0 Å². The minimum atomic E-state index is -1.33. The lowest BCUT2D eigenvalue weighted by molar-refractivity contribution is 0.255. The van der Waals surface area contributed by atoms with Crippen molar-refractivity contribution in [1.29, 1.82) is 0 Å². The summed E-state index contributed by atoms with van der Waals surface area (Å²) in [4.78, 5) is 12.8. The van der Waals surface area contributed by atoms with Crippen molar-refractivity contribution in [2.45, 2.75) is 5.75 Å². The summed E-state index contributed by atoms with van der Waals surface area (Å²) in [6, 6.07) is 25.4. The van der Waals surface area contributed by atoms with Gasteiger partial charge in [0.25, 0.3) is 0 Å². The maximum absolute atomic E-state index is 13.0. The van der Waals surface area contributed by atoms with Gasteiger partial charge in [-0.3, -0.25) is 4.21 Å². The van der Waals surface area contributed by atoms with Crippen LogP contribution in [0.4, 0.5) is 10.5 Å². The highest BCUT2D eigenvalue weighted by Gasteiger charge is 2.12. The number of halogens is 1. The first-order valence-corrected chi connectivity index (χ1v) is 10.3. The van der Waals surface area contributed by atoms with Crippen molar-refractivity contribution in [3.8, 4) is 0 Å². The molecule has 0 saturated heterocycles. The number of carbonyl (C=O) groups excluding carboxylic acids is 1. The lowest BCUT2D eigenvalue weighted by atomic mass is 10.2. The van der Waals surface area contributed by atoms with E-state index in [2.05, 4.69) is 10.6 Å². The molecule has 6 heteroatoms. The molecule has 0 heterocycles. The van der Waals surface area contributed by atoms with Gasteiger partial charge in [-0.15, -0.1) is 0 Å². The van der Waals surface area contributed by atoms with E-state index in [1.165, 1.54) is 6.20 Å². The summed E-state index contributed by atoms with van der Waals surface area (Å²) in [5.41, 5.74) is 2.25. The Morgan fingerprint density at radius 3 is 2.18 bits per heavy atom. The molecule has 0 bridgehead atoms. The molecular weight excluding hydrogens is 392 g/mol. The zero-order chi connectivity index (χ0) is 19.8. The number of amides is 2. The average Bonchev–Trinajstić information content (AvgIpc) is 2.71. The fourth-order valence-corrected chi connectivity index (χ4v) is 3.96. The van der Waals surface area contributed by atoms with E-state index in [-0.39, 0.29) is 0 Å². The summed E-state index contributed by atoms with van der Waals surface area (Å²) in [6.07, 6.45) is 1.49. The summed E-state index contributed by atoms with van der Waals surface area (Å²) >= 11 is 6.06. The molecule has 3 aromatic carbocycles. The van der Waals surface area contributed by atoms with E-state index in [9.17, 15) is 9.00 Å². The third kappa shape index (κ3) is 5.55. The molecule has 2 amide bonds. The number of carbonyl (C=O) groups is 1. The quantitative estimate of drug-likeness (QED) is 0.570. The summed E-state index contributed by atoms with van der Waals surface area (Å²) in [5.74, 6) is 0.357. The number of rotatable bonds is 6. The highest BCUT2D eigenvalue weighted by atomic mass is 35.5. The summed E-state index contributed by atoms with van der Waals surface area (Å²) in [6.45, 7) is 0. The van der Waals surface area contributed by atoms with Gasteiger partial charge in [-0.25, -0.2) is 4.79 Å². The predicted octanol–water partition coefficient (Wildman–Crippen LogP) is 5.41. The predicted molar refractivity (Wildman–Crippen MR) is 116 cm³/mol. The number of hydrogen-bond acceptors (Lipinski definition) is 2. The van der Waals surface area contributed by atoms with Crippen LogP contribution in [-0.2, 0) is 16.6 Å². The zero-order valence-electron chi connectivity index (χ0n) is 15.0. The van der Waals surface area contributed by atoms with Crippen LogP contribution in [0.25, 0.3) is 4.91 Å². The largest absolute Gasteiger partial charge is 0.323 e. The molecule has 3 rings (SSSR count). The Balaban J connectivity index is 1.77. The lowest BCUT2D eigenvalue weighted by Crippen LogP contribution is -2.24. The second kappa shape index (κ2) is 9.88. The third-order valence-electron chi connectivity index (χ3n) is 3.90. The summed E-state index contributed by atoms with van der Waals surface area (Å²) < 4.78 is 13.0. The van der Waals surface area contributed by atoms with Crippen molar-refractivity contribution < 1.29 is 9.00 Å². The van der Waals surface area contributed by atoms with Crippen LogP contribution >= 0.6 is 11.6 Å². The molecule has 1 atom stereocenters. The van der Waals surface area contributed by atoms with Gasteiger partial charge in [0.2, 0.25) is 0 Å². The van der Waals surface area contributed by atoms with Gasteiger partial charge in [0.1, 0.15) is 0 Å². The minimum absolute atomic E-state index is 0.357. The molecule has 0 radical (unpaired) electrons. The average molecular weight is 411 g/mol. The van der Waals surface area contributed by atoms with Crippen molar-refractivity contribution in [2.75, 3.05) is 5.32 Å². The SMILES string of the molecule is O=C(N/C=C(\c1ccccc1)[S@](=O)Cc1ccccc1)Nc1ccccc1Cl. The van der Waals surface area contributed by atoms with Gasteiger partial charge in [-0.1, -0.05) is 84.4 Å². The standard InChI is InChI=1S/C22H19ClN2O2S/c23-19-13-7-8-14-20(19)25-22(26)24-15-21(18-11-5-2-6-12-18)28(27)16-17-9-3-1-4-10-17/h1-15H,16H2,(H2,24,25,26)/b21-15+/t28-/m1/s1. The summed E-state index contributed by atoms with van der Waals surface area (Å²) in [5, 5.41) is 5.78. The second-order valence-corrected chi connectivity index (χ2v) is 7.76. The van der Waals surface area contributed by atoms with Crippen LogP contribution < -0.4 is 10.6 Å². The first-order valence-electron chi connectivity index (χ1n) is 8.63. The third-order valence-corrected chi connectivity index (χ3v) is 5.67. The molecule has 3 aromatic rings. The molecule has 0 aliphatic heterocycles. The molecule has 0 fully saturated rings. The Kier molecular flexibility index (Phi) is 7.00. The lowest BCUT2D eigenvalue weighted by Gasteiger charge is -2.10. The van der Waals surface area contributed by atoms with Crippen LogP contribution in [0.1, 0.15) is 11.1 Å². The van der Waals surface area contributed by atoms with E-state index in [0.717, 1.165) is 11.1 Å². The van der Waals surface area contributed by atoms with Crippen molar-refractivity contribution in [3.05, 3.63) is 107 Å². The fourth-order valence-electron chi connectivity index (χ4n) is 2.54. The van der Waals surface area contributed by atoms with Gasteiger partial charge in [0.15, 0.2) is 0 Å². The number of anilines is 1. The smallest absolute Gasteiger partial charge is 0.313 e. The van der Waals surface area contributed by atoms with Gasteiger partial charge in [-0.05, 0) is 23.3 Å². The monoisotopic (exact) mass is 410 g/mol.